The van der Waals surface area contributed by atoms with E-state index in [-0.39, 0.29) is 17.2 Å². The molecule has 0 atom stereocenters. The van der Waals surface area contributed by atoms with Crippen molar-refractivity contribution in [2.75, 3.05) is 12.4 Å². The maximum atomic E-state index is 12.1. The molecule has 94 valence electrons. The van der Waals surface area contributed by atoms with Crippen molar-refractivity contribution in [3.05, 3.63) is 24.3 Å². The number of amides is 1. The van der Waals surface area contributed by atoms with E-state index in [1.807, 2.05) is 52.0 Å². The second-order valence-electron chi connectivity index (χ2n) is 5.06. The van der Waals surface area contributed by atoms with E-state index in [1.165, 1.54) is 0 Å². The number of nitrogens with one attached hydrogen (secondary N) is 1. The third-order valence-corrected chi connectivity index (χ3v) is 3.36. The van der Waals surface area contributed by atoms with Gasteiger partial charge < -0.3 is 10.1 Å². The molecule has 1 aromatic carbocycles. The zero-order valence-electron chi connectivity index (χ0n) is 11.2. The van der Waals surface area contributed by atoms with Gasteiger partial charge in [-0.3, -0.25) is 4.79 Å². The predicted molar refractivity (Wildman–Crippen MR) is 70.2 cm³/mol. The molecule has 0 aromatic heterocycles. The normalized spacial score (nSPS) is 11.4. The van der Waals surface area contributed by atoms with Crippen LogP contribution in [0.2, 0.25) is 0 Å². The summed E-state index contributed by atoms with van der Waals surface area (Å²) in [5.41, 5.74) is 0.381. The number of carbonyl (C=O) groups is 1. The van der Waals surface area contributed by atoms with E-state index in [0.717, 1.165) is 11.4 Å². The van der Waals surface area contributed by atoms with E-state index < -0.39 is 0 Å². The maximum Gasteiger partial charge on any atom is 0.230 e. The SMILES string of the molecule is COc1cccc(NC(=O)C(C)(C)C(C)C)c1. The molecule has 1 rings (SSSR count). The Hall–Kier alpha value is -1.51. The van der Waals surface area contributed by atoms with E-state index in [0.29, 0.717) is 0 Å². The summed E-state index contributed by atoms with van der Waals surface area (Å²) in [5.74, 6) is 1.05. The molecule has 0 heterocycles. The molecular formula is C14H21NO2. The van der Waals surface area contributed by atoms with Gasteiger partial charge in [0.25, 0.3) is 0 Å². The van der Waals surface area contributed by atoms with Crippen LogP contribution < -0.4 is 10.1 Å². The Bertz CT molecular complexity index is 397. The quantitative estimate of drug-likeness (QED) is 0.869. The highest BCUT2D eigenvalue weighted by Gasteiger charge is 2.31. The van der Waals surface area contributed by atoms with Gasteiger partial charge in [-0.05, 0) is 18.1 Å². The van der Waals surface area contributed by atoms with Gasteiger partial charge in [0.15, 0.2) is 0 Å². The number of ether oxygens (including phenoxy) is 1. The van der Waals surface area contributed by atoms with E-state index in [2.05, 4.69) is 5.32 Å². The Balaban J connectivity index is 2.81. The van der Waals surface area contributed by atoms with Gasteiger partial charge in [-0.2, -0.15) is 0 Å². The lowest BCUT2D eigenvalue weighted by atomic mass is 9.80. The lowest BCUT2D eigenvalue weighted by Gasteiger charge is -2.27. The average Bonchev–Trinajstić information content (AvgIpc) is 2.29. The standard InChI is InChI=1S/C14H21NO2/c1-10(2)14(3,4)13(16)15-11-7-6-8-12(9-11)17-5/h6-10H,1-5H3,(H,15,16). The molecule has 1 aromatic rings. The van der Waals surface area contributed by atoms with Crippen molar-refractivity contribution in [3.8, 4) is 5.75 Å². The van der Waals surface area contributed by atoms with Gasteiger partial charge in [-0.1, -0.05) is 33.8 Å². The Morgan fingerprint density at radius 2 is 2.00 bits per heavy atom. The van der Waals surface area contributed by atoms with Crippen LogP contribution in [0.5, 0.6) is 5.75 Å². The molecule has 0 fully saturated rings. The summed E-state index contributed by atoms with van der Waals surface area (Å²) in [4.78, 5) is 12.1. The van der Waals surface area contributed by atoms with Gasteiger partial charge in [0.05, 0.1) is 7.11 Å². The summed E-state index contributed by atoms with van der Waals surface area (Å²) in [7, 11) is 1.61. The Labute approximate surface area is 103 Å². The smallest absolute Gasteiger partial charge is 0.230 e. The van der Waals surface area contributed by atoms with Crippen molar-refractivity contribution in [3.63, 3.8) is 0 Å². The van der Waals surface area contributed by atoms with Crippen molar-refractivity contribution >= 4 is 11.6 Å². The van der Waals surface area contributed by atoms with E-state index in [9.17, 15) is 4.79 Å². The van der Waals surface area contributed by atoms with Gasteiger partial charge in [-0.15, -0.1) is 0 Å². The molecular weight excluding hydrogens is 214 g/mol. The van der Waals surface area contributed by atoms with Crippen LogP contribution in [0.3, 0.4) is 0 Å². The molecule has 1 amide bonds. The number of benzene rings is 1. The highest BCUT2D eigenvalue weighted by Crippen LogP contribution is 2.28. The average molecular weight is 235 g/mol. The molecule has 0 aliphatic carbocycles. The highest BCUT2D eigenvalue weighted by molar-refractivity contribution is 5.95. The fourth-order valence-corrected chi connectivity index (χ4v) is 1.26. The van der Waals surface area contributed by atoms with Crippen LogP contribution in [0.4, 0.5) is 5.69 Å². The number of methoxy groups -OCH3 is 1. The van der Waals surface area contributed by atoms with Crippen LogP contribution in [0, 0.1) is 11.3 Å². The molecule has 0 spiro atoms. The molecule has 0 radical (unpaired) electrons. The van der Waals surface area contributed by atoms with Crippen molar-refractivity contribution in [1.82, 2.24) is 0 Å². The highest BCUT2D eigenvalue weighted by atomic mass is 16.5. The van der Waals surface area contributed by atoms with Crippen LogP contribution in [-0.2, 0) is 4.79 Å². The third kappa shape index (κ3) is 3.22. The van der Waals surface area contributed by atoms with Crippen molar-refractivity contribution in [1.29, 1.82) is 0 Å². The van der Waals surface area contributed by atoms with Crippen molar-refractivity contribution < 1.29 is 9.53 Å². The first kappa shape index (κ1) is 13.6. The third-order valence-electron chi connectivity index (χ3n) is 3.36. The molecule has 0 aliphatic heterocycles. The number of hydrogen-bond donors (Lipinski definition) is 1. The first-order valence-corrected chi connectivity index (χ1v) is 5.83. The number of hydrogen-bond acceptors (Lipinski definition) is 2. The largest absolute Gasteiger partial charge is 0.497 e. The molecule has 3 nitrogen and oxygen atoms in total. The van der Waals surface area contributed by atoms with Crippen LogP contribution >= 0.6 is 0 Å². The van der Waals surface area contributed by atoms with Crippen LogP contribution in [0.25, 0.3) is 0 Å². The topological polar surface area (TPSA) is 38.3 Å². The predicted octanol–water partition coefficient (Wildman–Crippen LogP) is 3.32. The van der Waals surface area contributed by atoms with Crippen LogP contribution in [0.1, 0.15) is 27.7 Å². The number of rotatable bonds is 4. The first-order valence-electron chi connectivity index (χ1n) is 5.83. The molecule has 17 heavy (non-hydrogen) atoms. The molecule has 3 heteroatoms. The summed E-state index contributed by atoms with van der Waals surface area (Å²) in [6.45, 7) is 8.00. The van der Waals surface area contributed by atoms with E-state index in [1.54, 1.807) is 7.11 Å². The summed E-state index contributed by atoms with van der Waals surface area (Å²) in [5, 5.41) is 2.92. The number of anilines is 1. The van der Waals surface area contributed by atoms with Gasteiger partial charge in [0.2, 0.25) is 5.91 Å². The summed E-state index contributed by atoms with van der Waals surface area (Å²) in [6.07, 6.45) is 0. The molecule has 0 saturated heterocycles. The Morgan fingerprint density at radius 3 is 2.53 bits per heavy atom. The Morgan fingerprint density at radius 1 is 1.35 bits per heavy atom. The van der Waals surface area contributed by atoms with Gasteiger partial charge in [0, 0.05) is 17.2 Å². The second kappa shape index (κ2) is 5.21. The van der Waals surface area contributed by atoms with Crippen molar-refractivity contribution in [2.45, 2.75) is 27.7 Å². The Kier molecular flexibility index (Phi) is 4.16. The fourth-order valence-electron chi connectivity index (χ4n) is 1.26. The van der Waals surface area contributed by atoms with Gasteiger partial charge in [-0.25, -0.2) is 0 Å². The maximum absolute atomic E-state index is 12.1. The lowest BCUT2D eigenvalue weighted by Crippen LogP contribution is -2.35. The fraction of sp³-hybridized carbons (Fsp3) is 0.500. The van der Waals surface area contributed by atoms with E-state index in [4.69, 9.17) is 4.74 Å². The monoisotopic (exact) mass is 235 g/mol. The van der Waals surface area contributed by atoms with Crippen LogP contribution in [0.15, 0.2) is 24.3 Å². The molecule has 0 unspecified atom stereocenters. The minimum atomic E-state index is -0.386. The molecule has 0 bridgehead atoms. The molecule has 0 aliphatic rings. The summed E-state index contributed by atoms with van der Waals surface area (Å²) >= 11 is 0. The lowest BCUT2D eigenvalue weighted by molar-refractivity contribution is -0.125. The van der Waals surface area contributed by atoms with Crippen molar-refractivity contribution in [2.24, 2.45) is 11.3 Å². The zero-order valence-corrected chi connectivity index (χ0v) is 11.2. The van der Waals surface area contributed by atoms with Gasteiger partial charge >= 0.3 is 0 Å². The first-order chi connectivity index (χ1) is 7.87. The zero-order chi connectivity index (χ0) is 13.1. The van der Waals surface area contributed by atoms with E-state index >= 15 is 0 Å². The molecule has 0 saturated carbocycles. The minimum Gasteiger partial charge on any atom is -0.497 e. The summed E-state index contributed by atoms with van der Waals surface area (Å²) < 4.78 is 5.12. The number of carbonyl (C=O) groups excluding carboxylic acids is 1. The molecule has 1 N–H and O–H groups in total. The summed E-state index contributed by atoms with van der Waals surface area (Å²) in [6, 6.07) is 7.38. The second-order valence-corrected chi connectivity index (χ2v) is 5.06. The minimum absolute atomic E-state index is 0.0285. The van der Waals surface area contributed by atoms with Gasteiger partial charge in [0.1, 0.15) is 5.75 Å². The van der Waals surface area contributed by atoms with Crippen LogP contribution in [-0.4, -0.2) is 13.0 Å².